The van der Waals surface area contributed by atoms with Gasteiger partial charge in [-0.05, 0) is 24.3 Å². The fourth-order valence-electron chi connectivity index (χ4n) is 1.97. The normalized spacial score (nSPS) is 24.2. The summed E-state index contributed by atoms with van der Waals surface area (Å²) in [5.74, 6) is 0.422. The number of rotatable bonds is 5. The van der Waals surface area contributed by atoms with E-state index in [0.717, 1.165) is 0 Å². The molecule has 1 aromatic rings. The van der Waals surface area contributed by atoms with Crippen molar-refractivity contribution in [2.45, 2.75) is 11.1 Å². The second-order valence-electron chi connectivity index (χ2n) is 4.67. The number of hydrogen-bond acceptors (Lipinski definition) is 7. The number of halogens is 1. The van der Waals surface area contributed by atoms with Gasteiger partial charge in [0.05, 0.1) is 23.4 Å². The maximum atomic E-state index is 10.6. The number of nitro benzene ring substituents is 1. The predicted octanol–water partition coefficient (Wildman–Crippen LogP) is 3.02. The first-order chi connectivity index (χ1) is 10.9. The Bertz CT molecular complexity index is 687. The van der Waals surface area contributed by atoms with Crippen LogP contribution in [0.25, 0.3) is 0 Å². The van der Waals surface area contributed by atoms with Crippen LogP contribution in [0.1, 0.15) is 0 Å². The number of nitrogens with two attached hydrogens (primary N) is 1. The van der Waals surface area contributed by atoms with Gasteiger partial charge in [-0.1, -0.05) is 11.6 Å². The lowest BCUT2D eigenvalue weighted by Crippen LogP contribution is -2.38. The number of alkyl halides is 1. The third-order valence-electron chi connectivity index (χ3n) is 3.24. The Kier molecular flexibility index (Phi) is 4.97. The van der Waals surface area contributed by atoms with Crippen LogP contribution in [0.2, 0.25) is 0 Å². The first-order valence-corrected chi connectivity index (χ1v) is 6.91. The summed E-state index contributed by atoms with van der Waals surface area (Å²) in [7, 11) is 2.90. The van der Waals surface area contributed by atoms with E-state index >= 15 is 0 Å². The summed E-state index contributed by atoms with van der Waals surface area (Å²) < 4.78 is 10.4. The summed E-state index contributed by atoms with van der Waals surface area (Å²) in [5, 5.41) is 17.5. The highest BCUT2D eigenvalue weighted by Gasteiger charge is 2.38. The molecule has 8 nitrogen and oxygen atoms in total. The first-order valence-electron chi connectivity index (χ1n) is 6.53. The number of ether oxygens (including phenoxy) is 2. The van der Waals surface area contributed by atoms with Crippen LogP contribution in [0, 0.1) is 10.1 Å². The molecule has 0 heterocycles. The second kappa shape index (κ2) is 6.76. The molecule has 9 heteroatoms. The standard InChI is InChI=1S/C14H15ClN4O4/c1-22-12-7-13(14(15,23-2)8-11(12)16)18-17-9-3-5-10(6-4-9)19(20)21/h3-8,13H,16H2,1-2H3. The van der Waals surface area contributed by atoms with Crippen molar-refractivity contribution in [2.24, 2.45) is 16.0 Å². The lowest BCUT2D eigenvalue weighted by molar-refractivity contribution is -0.384. The predicted molar refractivity (Wildman–Crippen MR) is 84.4 cm³/mol. The van der Waals surface area contributed by atoms with Gasteiger partial charge in [-0.25, -0.2) is 0 Å². The van der Waals surface area contributed by atoms with Gasteiger partial charge in [0.25, 0.3) is 5.69 Å². The summed E-state index contributed by atoms with van der Waals surface area (Å²) in [4.78, 5) is 10.1. The van der Waals surface area contributed by atoms with Crippen LogP contribution in [0.15, 0.2) is 58.1 Å². The quantitative estimate of drug-likeness (QED) is 0.384. The van der Waals surface area contributed by atoms with Crippen LogP contribution in [-0.2, 0) is 9.47 Å². The monoisotopic (exact) mass is 338 g/mol. The van der Waals surface area contributed by atoms with Gasteiger partial charge in [0.1, 0.15) is 11.8 Å². The molecule has 1 aromatic carbocycles. The molecule has 0 bridgehead atoms. The van der Waals surface area contributed by atoms with Crippen molar-refractivity contribution in [1.29, 1.82) is 0 Å². The molecule has 122 valence electrons. The third kappa shape index (κ3) is 3.66. The Balaban J connectivity index is 2.25. The smallest absolute Gasteiger partial charge is 0.269 e. The molecular formula is C14H15ClN4O4. The number of non-ortho nitro benzene ring substituents is 1. The van der Waals surface area contributed by atoms with Crippen molar-refractivity contribution in [2.75, 3.05) is 14.2 Å². The van der Waals surface area contributed by atoms with Gasteiger partial charge in [0, 0.05) is 19.2 Å². The largest absolute Gasteiger partial charge is 0.495 e. The molecule has 0 aliphatic heterocycles. The van der Waals surface area contributed by atoms with Gasteiger partial charge in [0.15, 0.2) is 5.06 Å². The zero-order valence-electron chi connectivity index (χ0n) is 12.5. The Hall–Kier alpha value is -2.45. The molecule has 0 saturated heterocycles. The number of nitrogens with zero attached hydrogens (tertiary/aromatic N) is 3. The van der Waals surface area contributed by atoms with Gasteiger partial charge in [-0.2, -0.15) is 10.2 Å². The van der Waals surface area contributed by atoms with Crippen LogP contribution >= 0.6 is 11.6 Å². The number of methoxy groups -OCH3 is 2. The van der Waals surface area contributed by atoms with Crippen molar-refractivity contribution in [3.05, 3.63) is 58.0 Å². The van der Waals surface area contributed by atoms with Crippen LogP contribution in [0.5, 0.6) is 0 Å². The zero-order valence-corrected chi connectivity index (χ0v) is 13.2. The average Bonchev–Trinajstić information content (AvgIpc) is 2.54. The highest BCUT2D eigenvalue weighted by Crippen LogP contribution is 2.34. The van der Waals surface area contributed by atoms with E-state index in [1.165, 1.54) is 44.6 Å². The summed E-state index contributed by atoms with van der Waals surface area (Å²) in [6.45, 7) is 0. The summed E-state index contributed by atoms with van der Waals surface area (Å²) in [6, 6.07) is 4.98. The van der Waals surface area contributed by atoms with Crippen LogP contribution in [0.3, 0.4) is 0 Å². The van der Waals surface area contributed by atoms with Crippen LogP contribution in [-0.4, -0.2) is 30.2 Å². The molecule has 0 aromatic heterocycles. The lowest BCUT2D eigenvalue weighted by atomic mass is 10.0. The summed E-state index contributed by atoms with van der Waals surface area (Å²) >= 11 is 6.35. The Morgan fingerprint density at radius 1 is 1.35 bits per heavy atom. The molecule has 2 atom stereocenters. The molecule has 23 heavy (non-hydrogen) atoms. The first kappa shape index (κ1) is 16.9. The van der Waals surface area contributed by atoms with E-state index in [0.29, 0.717) is 17.1 Å². The number of benzene rings is 1. The van der Waals surface area contributed by atoms with Crippen molar-refractivity contribution in [1.82, 2.24) is 0 Å². The highest BCUT2D eigenvalue weighted by molar-refractivity contribution is 6.25. The van der Waals surface area contributed by atoms with E-state index in [9.17, 15) is 10.1 Å². The van der Waals surface area contributed by atoms with Gasteiger partial charge >= 0.3 is 0 Å². The van der Waals surface area contributed by atoms with Gasteiger partial charge < -0.3 is 15.2 Å². The Morgan fingerprint density at radius 2 is 2.00 bits per heavy atom. The lowest BCUT2D eigenvalue weighted by Gasteiger charge is -2.30. The zero-order chi connectivity index (χ0) is 17.0. The Morgan fingerprint density at radius 3 is 2.52 bits per heavy atom. The van der Waals surface area contributed by atoms with E-state index in [1.54, 1.807) is 6.08 Å². The minimum absolute atomic E-state index is 0.0255. The maximum Gasteiger partial charge on any atom is 0.269 e. The molecule has 0 saturated carbocycles. The highest BCUT2D eigenvalue weighted by atomic mass is 35.5. The van der Waals surface area contributed by atoms with E-state index in [4.69, 9.17) is 26.8 Å². The minimum Gasteiger partial charge on any atom is -0.495 e. The molecule has 2 unspecified atom stereocenters. The second-order valence-corrected chi connectivity index (χ2v) is 5.26. The van der Waals surface area contributed by atoms with E-state index < -0.39 is 16.0 Å². The van der Waals surface area contributed by atoms with Gasteiger partial charge in [-0.15, -0.1) is 0 Å². The van der Waals surface area contributed by atoms with Crippen LogP contribution in [0.4, 0.5) is 11.4 Å². The number of hydrogen-bond donors (Lipinski definition) is 1. The Labute approximate surface area is 137 Å². The van der Waals surface area contributed by atoms with Gasteiger partial charge in [0.2, 0.25) is 0 Å². The van der Waals surface area contributed by atoms with Crippen molar-refractivity contribution in [3.63, 3.8) is 0 Å². The molecule has 2 N–H and O–H groups in total. The molecule has 0 fully saturated rings. The van der Waals surface area contributed by atoms with Crippen molar-refractivity contribution < 1.29 is 14.4 Å². The molecule has 1 aliphatic rings. The van der Waals surface area contributed by atoms with E-state index in [2.05, 4.69) is 10.2 Å². The maximum absolute atomic E-state index is 10.6. The summed E-state index contributed by atoms with van der Waals surface area (Å²) in [5.41, 5.74) is 6.58. The fourth-order valence-corrected chi connectivity index (χ4v) is 2.19. The average molecular weight is 339 g/mol. The van der Waals surface area contributed by atoms with E-state index in [-0.39, 0.29) is 5.69 Å². The minimum atomic E-state index is -1.28. The van der Waals surface area contributed by atoms with E-state index in [1.807, 2.05) is 0 Å². The van der Waals surface area contributed by atoms with Gasteiger partial charge in [-0.3, -0.25) is 10.1 Å². The topological polar surface area (TPSA) is 112 Å². The molecule has 0 amide bonds. The van der Waals surface area contributed by atoms with Crippen molar-refractivity contribution in [3.8, 4) is 0 Å². The molecule has 2 rings (SSSR count). The number of azo groups is 1. The third-order valence-corrected chi connectivity index (χ3v) is 3.73. The van der Waals surface area contributed by atoms with Crippen molar-refractivity contribution >= 4 is 23.0 Å². The fraction of sp³-hybridized carbons (Fsp3) is 0.286. The molecule has 1 aliphatic carbocycles. The van der Waals surface area contributed by atoms with Crippen LogP contribution < -0.4 is 5.73 Å². The SMILES string of the molecule is COC1=CC(N=Nc2ccc([N+](=O)[O-])cc2)C(Cl)(OC)C=C1N. The summed E-state index contributed by atoms with van der Waals surface area (Å²) in [6.07, 6.45) is 3.09. The molecule has 0 radical (unpaired) electrons. The number of nitro groups is 1. The molecule has 0 spiro atoms. The molecular weight excluding hydrogens is 324 g/mol.